The van der Waals surface area contributed by atoms with Gasteiger partial charge < -0.3 is 5.73 Å². The van der Waals surface area contributed by atoms with E-state index in [0.717, 1.165) is 15.0 Å². The summed E-state index contributed by atoms with van der Waals surface area (Å²) in [5.41, 5.74) is 5.42. The molecule has 0 rings (SSSR count). The first kappa shape index (κ1) is 6.39. The summed E-state index contributed by atoms with van der Waals surface area (Å²) in [6, 6.07) is 0. The predicted molar refractivity (Wildman–Crippen MR) is 32.2 cm³/mol. The van der Waals surface area contributed by atoms with Gasteiger partial charge in [0.05, 0.1) is 0 Å². The van der Waals surface area contributed by atoms with E-state index >= 15 is 0 Å². The highest BCUT2D eigenvalue weighted by molar-refractivity contribution is 7.37. The highest BCUT2D eigenvalue weighted by Crippen LogP contribution is 2.09. The lowest BCUT2D eigenvalue weighted by atomic mass is 10.5. The monoisotopic (exact) mass is 104 g/mol. The zero-order valence-electron chi connectivity index (χ0n) is 4.07. The van der Waals surface area contributed by atoms with Crippen LogP contribution in [0.2, 0.25) is 0 Å². The van der Waals surface area contributed by atoms with E-state index in [9.17, 15) is 0 Å². The number of rotatable bonds is 2. The molecule has 37 valence electrons. The quantitative estimate of drug-likeness (QED) is 0.515. The molecule has 0 aliphatic rings. The first-order chi connectivity index (χ1) is 2.81. The molecule has 0 fully saturated rings. The largest absolute Gasteiger partial charge is 0.324 e. The summed E-state index contributed by atoms with van der Waals surface area (Å²) in [6.07, 6.45) is 0.870. The normalized spacial score (nSPS) is 16.5. The van der Waals surface area contributed by atoms with Crippen molar-refractivity contribution in [3.8, 4) is 0 Å². The van der Waals surface area contributed by atoms with Gasteiger partial charge >= 0.3 is 0 Å². The average molecular weight is 104 g/mol. The predicted octanol–water partition coefficient (Wildman–Crippen LogP) is 0.804. The SMILES string of the molecule is [CH2]CC(N)PC. The summed E-state index contributed by atoms with van der Waals surface area (Å²) >= 11 is 0. The summed E-state index contributed by atoms with van der Waals surface area (Å²) in [4.78, 5) is 0. The highest BCUT2D eigenvalue weighted by atomic mass is 31.1. The fourth-order valence-electron chi connectivity index (χ4n) is 0.144. The van der Waals surface area contributed by atoms with Gasteiger partial charge in [-0.3, -0.25) is 0 Å². The lowest BCUT2D eigenvalue weighted by Crippen LogP contribution is -2.10. The Hall–Kier alpha value is 0.390. The van der Waals surface area contributed by atoms with E-state index in [4.69, 9.17) is 5.73 Å². The van der Waals surface area contributed by atoms with E-state index in [1.54, 1.807) is 0 Å². The minimum Gasteiger partial charge on any atom is -0.324 e. The molecule has 1 nitrogen and oxygen atoms in total. The van der Waals surface area contributed by atoms with Gasteiger partial charge in [-0.1, -0.05) is 6.92 Å². The topological polar surface area (TPSA) is 26.0 Å². The van der Waals surface area contributed by atoms with Crippen molar-refractivity contribution in [1.29, 1.82) is 0 Å². The van der Waals surface area contributed by atoms with E-state index < -0.39 is 0 Å². The molecule has 0 saturated heterocycles. The van der Waals surface area contributed by atoms with Crippen molar-refractivity contribution in [2.24, 2.45) is 5.73 Å². The zero-order valence-corrected chi connectivity index (χ0v) is 5.07. The molecule has 1 radical (unpaired) electrons. The average Bonchev–Trinajstić information content (AvgIpc) is 1.65. The van der Waals surface area contributed by atoms with Crippen molar-refractivity contribution < 1.29 is 0 Å². The maximum atomic E-state index is 5.42. The Balaban J connectivity index is 2.75. The summed E-state index contributed by atoms with van der Waals surface area (Å²) in [5, 5.41) is 0. The Morgan fingerprint density at radius 3 is 2.50 bits per heavy atom. The molecule has 0 aromatic carbocycles. The lowest BCUT2D eigenvalue weighted by molar-refractivity contribution is 0.927. The highest BCUT2D eigenvalue weighted by Gasteiger charge is 1.88. The zero-order chi connectivity index (χ0) is 4.99. The molecule has 0 amide bonds. The smallest absolute Gasteiger partial charge is 0.0211 e. The molecule has 0 saturated carbocycles. The molecule has 2 N–H and O–H groups in total. The van der Waals surface area contributed by atoms with Crippen LogP contribution in [0.4, 0.5) is 0 Å². The number of nitrogens with two attached hydrogens (primary N) is 1. The molecule has 0 spiro atoms. The van der Waals surface area contributed by atoms with Crippen LogP contribution in [-0.4, -0.2) is 12.4 Å². The van der Waals surface area contributed by atoms with E-state index in [0.29, 0.717) is 5.78 Å². The molecule has 2 heteroatoms. The van der Waals surface area contributed by atoms with Crippen molar-refractivity contribution in [1.82, 2.24) is 0 Å². The standard InChI is InChI=1S/C4H11NP/c1-3-4(5)6-2/h4,6H,1,3,5H2,2H3. The van der Waals surface area contributed by atoms with Crippen LogP contribution in [0.3, 0.4) is 0 Å². The fraction of sp³-hybridized carbons (Fsp3) is 0.750. The second-order valence-corrected chi connectivity index (χ2v) is 2.50. The summed E-state index contributed by atoms with van der Waals surface area (Å²) in [5.74, 6) is 0.352. The van der Waals surface area contributed by atoms with Crippen LogP contribution in [0.15, 0.2) is 0 Å². The Kier molecular flexibility index (Phi) is 3.81. The van der Waals surface area contributed by atoms with E-state index in [1.807, 2.05) is 0 Å². The van der Waals surface area contributed by atoms with Crippen LogP contribution in [0.1, 0.15) is 6.42 Å². The first-order valence-corrected chi connectivity index (χ1v) is 3.61. The van der Waals surface area contributed by atoms with Gasteiger partial charge in [-0.25, -0.2) is 0 Å². The fourth-order valence-corrected chi connectivity index (χ4v) is 0.433. The van der Waals surface area contributed by atoms with E-state index in [2.05, 4.69) is 13.6 Å². The third-order valence-electron chi connectivity index (χ3n) is 0.682. The van der Waals surface area contributed by atoms with Crippen molar-refractivity contribution in [3.63, 3.8) is 0 Å². The number of hydrogen-bond donors (Lipinski definition) is 1. The van der Waals surface area contributed by atoms with Gasteiger partial charge in [0.1, 0.15) is 0 Å². The maximum Gasteiger partial charge on any atom is 0.0211 e. The third kappa shape index (κ3) is 2.62. The molecule has 0 aliphatic heterocycles. The summed E-state index contributed by atoms with van der Waals surface area (Å²) in [6.45, 7) is 5.73. The Morgan fingerprint density at radius 2 is 2.50 bits per heavy atom. The summed E-state index contributed by atoms with van der Waals surface area (Å²) in [7, 11) is 0.847. The molecule has 6 heavy (non-hydrogen) atoms. The van der Waals surface area contributed by atoms with Crippen molar-refractivity contribution in [2.75, 3.05) is 6.66 Å². The molecular formula is C4H11NP. The lowest BCUT2D eigenvalue weighted by Gasteiger charge is -1.99. The first-order valence-electron chi connectivity index (χ1n) is 2.03. The Morgan fingerprint density at radius 1 is 2.00 bits per heavy atom. The van der Waals surface area contributed by atoms with Gasteiger partial charge in [-0.2, -0.15) is 0 Å². The van der Waals surface area contributed by atoms with Gasteiger partial charge in [-0.05, 0) is 13.1 Å². The minimum absolute atomic E-state index is 0.352. The molecule has 0 aromatic rings. The van der Waals surface area contributed by atoms with Crippen LogP contribution in [0.5, 0.6) is 0 Å². The van der Waals surface area contributed by atoms with Crippen LogP contribution < -0.4 is 5.73 Å². The summed E-state index contributed by atoms with van der Waals surface area (Å²) < 4.78 is 0. The van der Waals surface area contributed by atoms with Crippen LogP contribution in [0, 0.1) is 6.92 Å². The maximum absolute atomic E-state index is 5.42. The molecule has 0 bridgehead atoms. The van der Waals surface area contributed by atoms with Gasteiger partial charge in [0.2, 0.25) is 0 Å². The van der Waals surface area contributed by atoms with Crippen molar-refractivity contribution in [2.45, 2.75) is 12.2 Å². The van der Waals surface area contributed by atoms with Crippen molar-refractivity contribution in [3.05, 3.63) is 6.92 Å². The molecule has 2 unspecified atom stereocenters. The molecular weight excluding hydrogens is 93.0 g/mol. The van der Waals surface area contributed by atoms with Gasteiger partial charge in [0.25, 0.3) is 0 Å². The van der Waals surface area contributed by atoms with Crippen LogP contribution in [-0.2, 0) is 0 Å². The van der Waals surface area contributed by atoms with E-state index in [1.165, 1.54) is 0 Å². The molecule has 0 aliphatic carbocycles. The second-order valence-electron chi connectivity index (χ2n) is 1.18. The van der Waals surface area contributed by atoms with Gasteiger partial charge in [0, 0.05) is 5.78 Å². The number of hydrogen-bond acceptors (Lipinski definition) is 1. The molecule has 0 heterocycles. The third-order valence-corrected chi connectivity index (χ3v) is 1.71. The Bertz CT molecular complexity index is 26.7. The van der Waals surface area contributed by atoms with Crippen LogP contribution in [0.25, 0.3) is 0 Å². The van der Waals surface area contributed by atoms with Crippen molar-refractivity contribution >= 4 is 8.58 Å². The second kappa shape index (κ2) is 3.58. The minimum atomic E-state index is 0.352. The van der Waals surface area contributed by atoms with Gasteiger partial charge in [-0.15, -0.1) is 8.58 Å². The van der Waals surface area contributed by atoms with Crippen LogP contribution >= 0.6 is 8.58 Å². The Labute approximate surface area is 41.1 Å². The van der Waals surface area contributed by atoms with E-state index in [-0.39, 0.29) is 0 Å². The molecule has 2 atom stereocenters. The molecule has 0 aromatic heterocycles. The van der Waals surface area contributed by atoms with Gasteiger partial charge in [0.15, 0.2) is 0 Å².